The van der Waals surface area contributed by atoms with E-state index in [1.54, 1.807) is 19.4 Å². The Morgan fingerprint density at radius 1 is 1.03 bits per heavy atom. The molecule has 0 aliphatic carbocycles. The van der Waals surface area contributed by atoms with Gasteiger partial charge < -0.3 is 18.8 Å². The first-order valence-electron chi connectivity index (χ1n) is 10.8. The van der Waals surface area contributed by atoms with Crippen molar-refractivity contribution in [3.05, 3.63) is 66.1 Å². The first-order chi connectivity index (χ1) is 16.1. The van der Waals surface area contributed by atoms with Crippen molar-refractivity contribution < 1.29 is 19.0 Å². The van der Waals surface area contributed by atoms with Gasteiger partial charge in [-0.15, -0.1) is 0 Å². The topological polar surface area (TPSA) is 88.4 Å². The van der Waals surface area contributed by atoms with E-state index in [2.05, 4.69) is 38.3 Å². The molecule has 0 bridgehead atoms. The molecule has 0 aliphatic rings. The van der Waals surface area contributed by atoms with Crippen molar-refractivity contribution in [1.29, 1.82) is 0 Å². The summed E-state index contributed by atoms with van der Waals surface area (Å²) in [6.07, 6.45) is 3.95. The van der Waals surface area contributed by atoms with Crippen LogP contribution in [-0.4, -0.2) is 39.9 Å². The van der Waals surface area contributed by atoms with Crippen LogP contribution in [0.15, 0.2) is 54.7 Å². The molecule has 0 amide bonds. The van der Waals surface area contributed by atoms with E-state index in [4.69, 9.17) is 14.5 Å². The number of rotatable bonds is 8. The van der Waals surface area contributed by atoms with E-state index in [0.717, 1.165) is 52.9 Å². The van der Waals surface area contributed by atoms with Crippen molar-refractivity contribution in [3.63, 3.8) is 0 Å². The Balaban J connectivity index is 1.64. The van der Waals surface area contributed by atoms with Crippen LogP contribution in [0.5, 0.6) is 11.8 Å². The molecule has 8 heteroatoms. The highest BCUT2D eigenvalue weighted by Crippen LogP contribution is 2.30. The Kier molecular flexibility index (Phi) is 6.83. The lowest BCUT2D eigenvalue weighted by molar-refractivity contribution is 0.121. The molecular weight excluding hydrogens is 420 g/mol. The van der Waals surface area contributed by atoms with Crippen LogP contribution in [0.1, 0.15) is 31.2 Å². The van der Waals surface area contributed by atoms with Crippen LogP contribution in [-0.2, 0) is 17.7 Å². The van der Waals surface area contributed by atoms with Gasteiger partial charge in [-0.05, 0) is 23.6 Å². The molecule has 0 unspecified atom stereocenters. The fourth-order valence-electron chi connectivity index (χ4n) is 3.64. The van der Waals surface area contributed by atoms with Gasteiger partial charge in [-0.3, -0.25) is 0 Å². The first-order valence-corrected chi connectivity index (χ1v) is 10.8. The minimum absolute atomic E-state index is 0.322. The van der Waals surface area contributed by atoms with Crippen molar-refractivity contribution in [1.82, 2.24) is 19.5 Å². The van der Waals surface area contributed by atoms with Crippen molar-refractivity contribution in [2.75, 3.05) is 14.2 Å². The summed E-state index contributed by atoms with van der Waals surface area (Å²) in [5.41, 5.74) is 4.36. The third-order valence-electron chi connectivity index (χ3n) is 5.33. The number of carbonyl (C=O) groups is 1. The van der Waals surface area contributed by atoms with Crippen molar-refractivity contribution in [3.8, 4) is 22.9 Å². The van der Waals surface area contributed by atoms with Gasteiger partial charge in [0, 0.05) is 12.0 Å². The van der Waals surface area contributed by atoms with Crippen LogP contribution < -0.4 is 9.47 Å². The highest BCUT2D eigenvalue weighted by Gasteiger charge is 2.15. The first kappa shape index (κ1) is 22.3. The third-order valence-corrected chi connectivity index (χ3v) is 5.33. The Labute approximate surface area is 192 Å². The maximum Gasteiger partial charge on any atom is 0.513 e. The molecule has 2 aromatic carbocycles. The number of hydrogen-bond donors (Lipinski definition) is 0. The van der Waals surface area contributed by atoms with Crippen LogP contribution in [0, 0.1) is 0 Å². The molecule has 2 heterocycles. The van der Waals surface area contributed by atoms with Crippen LogP contribution >= 0.6 is 0 Å². The Morgan fingerprint density at radius 2 is 1.82 bits per heavy atom. The quantitative estimate of drug-likeness (QED) is 0.277. The lowest BCUT2D eigenvalue weighted by Gasteiger charge is -2.12. The molecule has 0 N–H and O–H groups in total. The number of fused-ring (bicyclic) bond motifs is 1. The minimum Gasteiger partial charge on any atom is -0.467 e. The fraction of sp³-hybridized carbons (Fsp3) is 0.280. The summed E-state index contributed by atoms with van der Waals surface area (Å²) in [6, 6.07) is 15.8. The molecule has 0 saturated heterocycles. The number of para-hydroxylation sites is 1. The monoisotopic (exact) mass is 446 g/mol. The molecule has 0 radical (unpaired) electrons. The zero-order valence-corrected chi connectivity index (χ0v) is 18.9. The highest BCUT2D eigenvalue weighted by atomic mass is 16.7. The van der Waals surface area contributed by atoms with Crippen LogP contribution in [0.2, 0.25) is 0 Å². The predicted molar refractivity (Wildman–Crippen MR) is 125 cm³/mol. The number of aryl methyl sites for hydroxylation is 1. The standard InChI is InChI=1S/C25H26N4O4/c1-4-5-10-22-27-20-15-26-24(31-2)28-23(20)29(22)16-17-11-13-18(14-12-17)19-8-6-7-9-21(19)33-25(30)32-3/h6-9,11-15H,4-5,10,16H2,1-3H3. The lowest BCUT2D eigenvalue weighted by atomic mass is 10.0. The Morgan fingerprint density at radius 3 is 2.55 bits per heavy atom. The number of nitrogens with zero attached hydrogens (tertiary/aromatic N) is 4. The number of aromatic nitrogens is 4. The third kappa shape index (κ3) is 4.95. The van der Waals surface area contributed by atoms with Gasteiger partial charge in [0.15, 0.2) is 5.65 Å². The van der Waals surface area contributed by atoms with E-state index >= 15 is 0 Å². The molecule has 4 rings (SSSR count). The van der Waals surface area contributed by atoms with Gasteiger partial charge in [-0.25, -0.2) is 14.8 Å². The Bertz CT molecular complexity index is 1250. The van der Waals surface area contributed by atoms with Gasteiger partial charge in [0.05, 0.1) is 27.0 Å². The highest BCUT2D eigenvalue weighted by molar-refractivity contribution is 5.75. The van der Waals surface area contributed by atoms with Gasteiger partial charge in [0.25, 0.3) is 0 Å². The predicted octanol–water partition coefficient (Wildman–Crippen LogP) is 5.04. The molecule has 0 aliphatic heterocycles. The smallest absolute Gasteiger partial charge is 0.467 e. The normalized spacial score (nSPS) is 10.9. The number of imidazole rings is 1. The van der Waals surface area contributed by atoms with E-state index in [-0.39, 0.29) is 0 Å². The molecule has 8 nitrogen and oxygen atoms in total. The summed E-state index contributed by atoms with van der Waals surface area (Å²) in [6.45, 7) is 2.78. The summed E-state index contributed by atoms with van der Waals surface area (Å²) in [5.74, 6) is 1.43. The zero-order valence-electron chi connectivity index (χ0n) is 18.9. The summed E-state index contributed by atoms with van der Waals surface area (Å²) in [5, 5.41) is 0. The van der Waals surface area contributed by atoms with Gasteiger partial charge in [-0.2, -0.15) is 4.98 Å². The number of benzene rings is 2. The maximum atomic E-state index is 11.6. The summed E-state index contributed by atoms with van der Waals surface area (Å²) >= 11 is 0. The van der Waals surface area contributed by atoms with E-state index in [9.17, 15) is 4.79 Å². The van der Waals surface area contributed by atoms with Crippen LogP contribution in [0.25, 0.3) is 22.3 Å². The van der Waals surface area contributed by atoms with Gasteiger partial charge >= 0.3 is 12.2 Å². The lowest BCUT2D eigenvalue weighted by Crippen LogP contribution is -2.08. The largest absolute Gasteiger partial charge is 0.513 e. The second kappa shape index (κ2) is 10.1. The summed E-state index contributed by atoms with van der Waals surface area (Å²) in [7, 11) is 2.84. The van der Waals surface area contributed by atoms with Crippen LogP contribution in [0.3, 0.4) is 0 Å². The van der Waals surface area contributed by atoms with Crippen molar-refractivity contribution >= 4 is 17.3 Å². The average molecular weight is 447 g/mol. The van der Waals surface area contributed by atoms with Crippen molar-refractivity contribution in [2.24, 2.45) is 0 Å². The number of methoxy groups -OCH3 is 2. The fourth-order valence-corrected chi connectivity index (χ4v) is 3.64. The Hall–Kier alpha value is -3.94. The summed E-state index contributed by atoms with van der Waals surface area (Å²) in [4.78, 5) is 25.1. The van der Waals surface area contributed by atoms with Gasteiger partial charge in [0.2, 0.25) is 0 Å². The molecular formula is C25H26N4O4. The van der Waals surface area contributed by atoms with Crippen molar-refractivity contribution in [2.45, 2.75) is 32.7 Å². The molecule has 0 atom stereocenters. The van der Waals surface area contributed by atoms with E-state index < -0.39 is 6.16 Å². The van der Waals surface area contributed by atoms with E-state index in [1.165, 1.54) is 7.11 Å². The van der Waals surface area contributed by atoms with Crippen LogP contribution in [0.4, 0.5) is 4.79 Å². The molecule has 170 valence electrons. The maximum absolute atomic E-state index is 11.6. The van der Waals surface area contributed by atoms with E-state index in [0.29, 0.717) is 18.3 Å². The number of unbranched alkanes of at least 4 members (excludes halogenated alkanes) is 1. The second-order valence-electron chi connectivity index (χ2n) is 7.53. The molecule has 4 aromatic rings. The molecule has 0 fully saturated rings. The zero-order chi connectivity index (χ0) is 23.2. The number of carbonyl (C=O) groups excluding carboxylic acids is 1. The number of ether oxygens (including phenoxy) is 3. The van der Waals surface area contributed by atoms with Gasteiger partial charge in [-0.1, -0.05) is 55.8 Å². The minimum atomic E-state index is -0.747. The molecule has 0 saturated carbocycles. The second-order valence-corrected chi connectivity index (χ2v) is 7.53. The SMILES string of the molecule is CCCCc1nc2cnc(OC)nc2n1Cc1ccc(-c2ccccc2OC(=O)OC)cc1. The number of hydrogen-bond acceptors (Lipinski definition) is 7. The summed E-state index contributed by atoms with van der Waals surface area (Å²) < 4.78 is 17.3. The molecule has 2 aromatic heterocycles. The molecule has 0 spiro atoms. The molecule has 33 heavy (non-hydrogen) atoms. The van der Waals surface area contributed by atoms with E-state index in [1.807, 2.05) is 30.3 Å². The van der Waals surface area contributed by atoms with Gasteiger partial charge in [0.1, 0.15) is 17.1 Å². The average Bonchev–Trinajstić information content (AvgIpc) is 3.19.